The van der Waals surface area contributed by atoms with Gasteiger partial charge in [0.15, 0.2) is 11.6 Å². The predicted octanol–water partition coefficient (Wildman–Crippen LogP) is 3.91. The first-order valence-electron chi connectivity index (χ1n) is 5.82. The molecule has 0 aromatic heterocycles. The van der Waals surface area contributed by atoms with Gasteiger partial charge < -0.3 is 10.5 Å². The molecule has 0 aliphatic rings. The number of ether oxygens (including phenoxy) is 1. The van der Waals surface area contributed by atoms with E-state index in [-0.39, 0.29) is 5.75 Å². The summed E-state index contributed by atoms with van der Waals surface area (Å²) in [6.07, 6.45) is -4.77. The molecular formula is C14H10F5NO. The summed E-state index contributed by atoms with van der Waals surface area (Å²) in [6, 6.07) is 7.25. The van der Waals surface area contributed by atoms with E-state index in [4.69, 9.17) is 5.73 Å². The van der Waals surface area contributed by atoms with Crippen molar-refractivity contribution < 1.29 is 26.7 Å². The van der Waals surface area contributed by atoms with Crippen LogP contribution in [0.5, 0.6) is 5.75 Å². The van der Waals surface area contributed by atoms with E-state index in [1.807, 2.05) is 0 Å². The Bertz CT molecular complexity index is 624. The zero-order valence-electron chi connectivity index (χ0n) is 10.5. The summed E-state index contributed by atoms with van der Waals surface area (Å²) in [4.78, 5) is 0. The van der Waals surface area contributed by atoms with Crippen LogP contribution >= 0.6 is 0 Å². The van der Waals surface area contributed by atoms with Crippen molar-refractivity contribution in [2.75, 3.05) is 0 Å². The maximum atomic E-state index is 13.1. The second kappa shape index (κ2) is 5.69. The summed E-state index contributed by atoms with van der Waals surface area (Å²) in [5.41, 5.74) is 6.60. The number of alkyl halides is 3. The third-order valence-corrected chi connectivity index (χ3v) is 2.78. The van der Waals surface area contributed by atoms with Crippen LogP contribution in [0.1, 0.15) is 17.2 Å². The van der Waals surface area contributed by atoms with Gasteiger partial charge in [0.2, 0.25) is 0 Å². The van der Waals surface area contributed by atoms with E-state index in [9.17, 15) is 22.0 Å². The summed E-state index contributed by atoms with van der Waals surface area (Å²) in [6.45, 7) is 0. The molecule has 7 heteroatoms. The highest BCUT2D eigenvalue weighted by Gasteiger charge is 2.31. The molecule has 0 unspecified atom stereocenters. The zero-order valence-corrected chi connectivity index (χ0v) is 10.5. The first kappa shape index (κ1) is 15.2. The topological polar surface area (TPSA) is 35.2 Å². The highest BCUT2D eigenvalue weighted by Crippen LogP contribution is 2.26. The van der Waals surface area contributed by atoms with Gasteiger partial charge in [-0.25, -0.2) is 8.78 Å². The van der Waals surface area contributed by atoms with Gasteiger partial charge >= 0.3 is 6.36 Å². The van der Waals surface area contributed by atoms with Crippen LogP contribution in [-0.2, 0) is 0 Å². The fraction of sp³-hybridized carbons (Fsp3) is 0.143. The van der Waals surface area contributed by atoms with E-state index in [1.165, 1.54) is 18.2 Å². The lowest BCUT2D eigenvalue weighted by atomic mass is 9.99. The molecule has 0 bridgehead atoms. The van der Waals surface area contributed by atoms with Crippen LogP contribution in [0.15, 0.2) is 42.5 Å². The third-order valence-electron chi connectivity index (χ3n) is 2.78. The van der Waals surface area contributed by atoms with Crippen LogP contribution in [-0.4, -0.2) is 6.36 Å². The Morgan fingerprint density at radius 1 is 0.857 bits per heavy atom. The van der Waals surface area contributed by atoms with Crippen LogP contribution in [0.2, 0.25) is 0 Å². The maximum absolute atomic E-state index is 13.1. The largest absolute Gasteiger partial charge is 0.573 e. The lowest BCUT2D eigenvalue weighted by molar-refractivity contribution is -0.274. The molecule has 0 saturated heterocycles. The minimum absolute atomic E-state index is 0.304. The molecule has 0 heterocycles. The monoisotopic (exact) mass is 303 g/mol. The lowest BCUT2D eigenvalue weighted by Gasteiger charge is -2.14. The predicted molar refractivity (Wildman–Crippen MR) is 65.5 cm³/mol. The summed E-state index contributed by atoms with van der Waals surface area (Å²) in [5.74, 6) is -2.43. The van der Waals surface area contributed by atoms with Gasteiger partial charge in [-0.15, -0.1) is 13.2 Å². The molecule has 0 aliphatic carbocycles. The molecule has 2 nitrogen and oxygen atoms in total. The Morgan fingerprint density at radius 2 is 1.43 bits per heavy atom. The minimum atomic E-state index is -4.77. The van der Waals surface area contributed by atoms with E-state index < -0.39 is 24.0 Å². The van der Waals surface area contributed by atoms with Gasteiger partial charge in [-0.3, -0.25) is 0 Å². The van der Waals surface area contributed by atoms with Gasteiger partial charge in [0, 0.05) is 0 Å². The molecule has 0 spiro atoms. The van der Waals surface area contributed by atoms with Crippen molar-refractivity contribution in [1.29, 1.82) is 0 Å². The van der Waals surface area contributed by atoms with Crippen molar-refractivity contribution >= 4 is 0 Å². The van der Waals surface area contributed by atoms with Crippen molar-refractivity contribution in [1.82, 2.24) is 0 Å². The van der Waals surface area contributed by atoms with Crippen molar-refractivity contribution in [3.63, 3.8) is 0 Å². The quantitative estimate of drug-likeness (QED) is 0.873. The van der Waals surface area contributed by atoms with Crippen LogP contribution in [0.3, 0.4) is 0 Å². The fourth-order valence-corrected chi connectivity index (χ4v) is 1.78. The molecule has 0 saturated carbocycles. The average molecular weight is 303 g/mol. The number of nitrogens with two attached hydrogens (primary N) is 1. The van der Waals surface area contributed by atoms with Gasteiger partial charge in [0.1, 0.15) is 5.75 Å². The number of halogens is 5. The number of hydrogen-bond donors (Lipinski definition) is 1. The Morgan fingerprint density at radius 3 is 1.95 bits per heavy atom. The SMILES string of the molecule is N[C@@H](c1ccc(OC(F)(F)F)cc1)c1ccc(F)c(F)c1. The summed E-state index contributed by atoms with van der Waals surface area (Å²) < 4.78 is 65.8. The number of benzene rings is 2. The molecule has 21 heavy (non-hydrogen) atoms. The Balaban J connectivity index is 2.19. The second-order valence-electron chi connectivity index (χ2n) is 4.27. The molecule has 2 aromatic carbocycles. The van der Waals surface area contributed by atoms with E-state index in [0.717, 1.165) is 24.3 Å². The number of rotatable bonds is 3. The Kier molecular flexibility index (Phi) is 4.13. The molecule has 112 valence electrons. The molecule has 2 N–H and O–H groups in total. The van der Waals surface area contributed by atoms with Crippen molar-refractivity contribution in [3.05, 3.63) is 65.2 Å². The van der Waals surface area contributed by atoms with Gasteiger partial charge in [-0.1, -0.05) is 18.2 Å². The molecule has 0 aliphatic heterocycles. The van der Waals surface area contributed by atoms with Crippen molar-refractivity contribution in [3.8, 4) is 5.75 Å². The van der Waals surface area contributed by atoms with Gasteiger partial charge in [-0.2, -0.15) is 0 Å². The van der Waals surface area contributed by atoms with Crippen molar-refractivity contribution in [2.24, 2.45) is 5.73 Å². The van der Waals surface area contributed by atoms with Crippen LogP contribution in [0.25, 0.3) is 0 Å². The number of hydrogen-bond acceptors (Lipinski definition) is 2. The molecule has 0 radical (unpaired) electrons. The minimum Gasteiger partial charge on any atom is -0.406 e. The normalized spacial score (nSPS) is 13.0. The first-order valence-corrected chi connectivity index (χ1v) is 5.82. The van der Waals surface area contributed by atoms with Gasteiger partial charge in [-0.05, 0) is 35.4 Å². The van der Waals surface area contributed by atoms with E-state index in [0.29, 0.717) is 11.1 Å². The standard InChI is InChI=1S/C14H10F5NO/c15-11-6-3-9(7-12(11)16)13(20)8-1-4-10(5-2-8)21-14(17,18)19/h1-7,13H,20H2/t13-/m0/s1. The lowest BCUT2D eigenvalue weighted by Crippen LogP contribution is -2.17. The molecule has 2 aromatic rings. The Labute approximate surface area is 116 Å². The Hall–Kier alpha value is -2.15. The molecular weight excluding hydrogens is 293 g/mol. The summed E-state index contributed by atoms with van der Waals surface area (Å²) >= 11 is 0. The van der Waals surface area contributed by atoms with Gasteiger partial charge in [0.05, 0.1) is 6.04 Å². The van der Waals surface area contributed by atoms with Crippen LogP contribution < -0.4 is 10.5 Å². The molecule has 0 fully saturated rings. The second-order valence-corrected chi connectivity index (χ2v) is 4.27. The molecule has 2 rings (SSSR count). The van der Waals surface area contributed by atoms with E-state index in [2.05, 4.69) is 4.74 Å². The van der Waals surface area contributed by atoms with E-state index in [1.54, 1.807) is 0 Å². The van der Waals surface area contributed by atoms with E-state index >= 15 is 0 Å². The smallest absolute Gasteiger partial charge is 0.406 e. The third kappa shape index (κ3) is 3.91. The maximum Gasteiger partial charge on any atom is 0.573 e. The highest BCUT2D eigenvalue weighted by molar-refractivity contribution is 5.35. The van der Waals surface area contributed by atoms with Crippen molar-refractivity contribution in [2.45, 2.75) is 12.4 Å². The first-order chi connectivity index (χ1) is 9.76. The molecule has 1 atom stereocenters. The van der Waals surface area contributed by atoms with Gasteiger partial charge in [0.25, 0.3) is 0 Å². The summed E-state index contributed by atoms with van der Waals surface area (Å²) in [5, 5.41) is 0. The fourth-order valence-electron chi connectivity index (χ4n) is 1.78. The highest BCUT2D eigenvalue weighted by atomic mass is 19.4. The van der Waals surface area contributed by atoms with Crippen LogP contribution in [0, 0.1) is 11.6 Å². The van der Waals surface area contributed by atoms with Crippen LogP contribution in [0.4, 0.5) is 22.0 Å². The average Bonchev–Trinajstić information content (AvgIpc) is 2.40. The molecule has 0 amide bonds. The zero-order chi connectivity index (χ0) is 15.6. The summed E-state index contributed by atoms with van der Waals surface area (Å²) in [7, 11) is 0.